The van der Waals surface area contributed by atoms with Gasteiger partial charge in [-0.25, -0.2) is 9.97 Å². The summed E-state index contributed by atoms with van der Waals surface area (Å²) in [6.07, 6.45) is 1.16. The van der Waals surface area contributed by atoms with E-state index in [1.54, 1.807) is 0 Å². The first-order chi connectivity index (χ1) is 11.9. The van der Waals surface area contributed by atoms with Crippen molar-refractivity contribution in [3.05, 3.63) is 47.9 Å². The van der Waals surface area contributed by atoms with Gasteiger partial charge in [-0.15, -0.1) is 0 Å². The van der Waals surface area contributed by atoms with Gasteiger partial charge >= 0.3 is 6.18 Å². The van der Waals surface area contributed by atoms with Crippen LogP contribution in [0.25, 0.3) is 0 Å². The van der Waals surface area contributed by atoms with Crippen LogP contribution in [0.5, 0.6) is 0 Å². The third kappa shape index (κ3) is 5.74. The van der Waals surface area contributed by atoms with E-state index >= 15 is 0 Å². The Kier molecular flexibility index (Phi) is 6.32. The summed E-state index contributed by atoms with van der Waals surface area (Å²) < 4.78 is 38.1. The van der Waals surface area contributed by atoms with Crippen LogP contribution in [0.1, 0.15) is 42.2 Å². The largest absolute Gasteiger partial charge is 0.416 e. The highest BCUT2D eigenvalue weighted by atomic mass is 19.4. The van der Waals surface area contributed by atoms with Gasteiger partial charge in [-0.05, 0) is 24.6 Å². The summed E-state index contributed by atoms with van der Waals surface area (Å²) in [5.41, 5.74) is -0.361. The van der Waals surface area contributed by atoms with Crippen molar-refractivity contribution in [2.45, 2.75) is 32.4 Å². The van der Waals surface area contributed by atoms with Gasteiger partial charge in [0.1, 0.15) is 11.5 Å². The van der Waals surface area contributed by atoms with Crippen LogP contribution in [-0.2, 0) is 6.18 Å². The zero-order valence-electron chi connectivity index (χ0n) is 13.7. The molecule has 0 fully saturated rings. The predicted molar refractivity (Wildman–Crippen MR) is 88.6 cm³/mol. The molecule has 5 nitrogen and oxygen atoms in total. The molecule has 0 unspecified atom stereocenters. The number of carbonyl (C=O) groups is 1. The average Bonchev–Trinajstić information content (AvgIpc) is 2.59. The molecule has 0 aliphatic rings. The van der Waals surface area contributed by atoms with Crippen LogP contribution >= 0.6 is 0 Å². The van der Waals surface area contributed by atoms with Gasteiger partial charge in [0.2, 0.25) is 0 Å². The number of nitrogens with one attached hydrogen (secondary N) is 2. The summed E-state index contributed by atoms with van der Waals surface area (Å²) in [7, 11) is 0. The fourth-order valence-corrected chi connectivity index (χ4v) is 2.10. The normalized spacial score (nSPS) is 11.2. The Morgan fingerprint density at radius 1 is 1.16 bits per heavy atom. The number of hydrogen-bond acceptors (Lipinski definition) is 4. The second-order valence-corrected chi connectivity index (χ2v) is 5.45. The quantitative estimate of drug-likeness (QED) is 0.735. The average molecular weight is 352 g/mol. The maximum Gasteiger partial charge on any atom is 0.416 e. The topological polar surface area (TPSA) is 66.9 Å². The van der Waals surface area contributed by atoms with Crippen molar-refractivity contribution in [1.29, 1.82) is 0 Å². The van der Waals surface area contributed by atoms with Crippen molar-refractivity contribution in [3.8, 4) is 0 Å². The lowest BCUT2D eigenvalue weighted by molar-refractivity contribution is -0.137. The van der Waals surface area contributed by atoms with Gasteiger partial charge in [0.15, 0.2) is 0 Å². The minimum atomic E-state index is -4.41. The van der Waals surface area contributed by atoms with Crippen LogP contribution in [-0.4, -0.2) is 22.4 Å². The SMILES string of the molecule is CCCCCNC(=O)c1cnc(Nc2cccc(C(F)(F)F)c2)cn1. The van der Waals surface area contributed by atoms with E-state index in [1.807, 2.05) is 0 Å². The van der Waals surface area contributed by atoms with E-state index in [-0.39, 0.29) is 23.1 Å². The van der Waals surface area contributed by atoms with Crippen molar-refractivity contribution in [2.75, 3.05) is 11.9 Å². The summed E-state index contributed by atoms with van der Waals surface area (Å²) in [5, 5.41) is 5.48. The maximum absolute atomic E-state index is 12.7. The molecule has 0 spiro atoms. The highest BCUT2D eigenvalue weighted by Gasteiger charge is 2.30. The molecule has 0 aliphatic carbocycles. The van der Waals surface area contributed by atoms with E-state index in [0.717, 1.165) is 31.4 Å². The molecule has 0 atom stereocenters. The molecule has 1 aromatic carbocycles. The van der Waals surface area contributed by atoms with E-state index in [1.165, 1.54) is 24.5 Å². The minimum absolute atomic E-state index is 0.158. The van der Waals surface area contributed by atoms with Crippen LogP contribution in [0.3, 0.4) is 0 Å². The van der Waals surface area contributed by atoms with Gasteiger partial charge in [0.25, 0.3) is 5.91 Å². The molecule has 1 heterocycles. The fraction of sp³-hybridized carbons (Fsp3) is 0.353. The molecule has 8 heteroatoms. The lowest BCUT2D eigenvalue weighted by Crippen LogP contribution is -2.25. The molecule has 2 aromatic rings. The van der Waals surface area contributed by atoms with Crippen LogP contribution in [0.15, 0.2) is 36.7 Å². The number of carbonyl (C=O) groups excluding carboxylic acids is 1. The van der Waals surface area contributed by atoms with Crippen molar-refractivity contribution < 1.29 is 18.0 Å². The minimum Gasteiger partial charge on any atom is -0.351 e. The molecule has 1 aromatic heterocycles. The standard InChI is InChI=1S/C17H19F3N4O/c1-2-3-4-8-21-16(25)14-10-23-15(11-22-14)24-13-7-5-6-12(9-13)17(18,19)20/h5-7,9-11H,2-4,8H2,1H3,(H,21,25)(H,23,24). The second kappa shape index (κ2) is 8.46. The maximum atomic E-state index is 12.7. The lowest BCUT2D eigenvalue weighted by atomic mass is 10.2. The number of halogens is 3. The molecule has 0 aliphatic heterocycles. The van der Waals surface area contributed by atoms with Gasteiger partial charge in [0, 0.05) is 12.2 Å². The molecule has 25 heavy (non-hydrogen) atoms. The van der Waals surface area contributed by atoms with Gasteiger partial charge in [0.05, 0.1) is 18.0 Å². The Morgan fingerprint density at radius 2 is 1.96 bits per heavy atom. The van der Waals surface area contributed by atoms with Gasteiger partial charge in [-0.2, -0.15) is 13.2 Å². The monoisotopic (exact) mass is 352 g/mol. The van der Waals surface area contributed by atoms with E-state index in [4.69, 9.17) is 0 Å². The Morgan fingerprint density at radius 3 is 2.60 bits per heavy atom. The first-order valence-electron chi connectivity index (χ1n) is 7.94. The number of nitrogens with zero attached hydrogens (tertiary/aromatic N) is 2. The first-order valence-corrected chi connectivity index (χ1v) is 7.94. The zero-order valence-corrected chi connectivity index (χ0v) is 13.7. The molecule has 0 bridgehead atoms. The van der Waals surface area contributed by atoms with Crippen molar-refractivity contribution in [1.82, 2.24) is 15.3 Å². The molecule has 2 N–H and O–H groups in total. The van der Waals surface area contributed by atoms with Gasteiger partial charge in [-0.1, -0.05) is 25.8 Å². The number of unbranched alkanes of at least 4 members (excludes halogenated alkanes) is 2. The molecule has 134 valence electrons. The predicted octanol–water partition coefficient (Wildman–Crippen LogP) is 4.16. The Balaban J connectivity index is 1.97. The smallest absolute Gasteiger partial charge is 0.351 e. The zero-order chi connectivity index (χ0) is 18.3. The number of amides is 1. The fourth-order valence-electron chi connectivity index (χ4n) is 2.10. The second-order valence-electron chi connectivity index (χ2n) is 5.45. The Labute approximate surface area is 143 Å². The molecule has 1 amide bonds. The van der Waals surface area contributed by atoms with Crippen molar-refractivity contribution in [2.24, 2.45) is 0 Å². The van der Waals surface area contributed by atoms with E-state index in [9.17, 15) is 18.0 Å². The van der Waals surface area contributed by atoms with Crippen LogP contribution < -0.4 is 10.6 Å². The Hall–Kier alpha value is -2.64. The third-order valence-corrected chi connectivity index (χ3v) is 3.41. The van der Waals surface area contributed by atoms with Crippen molar-refractivity contribution >= 4 is 17.4 Å². The Bertz CT molecular complexity index is 702. The van der Waals surface area contributed by atoms with E-state index in [2.05, 4.69) is 27.5 Å². The summed E-state index contributed by atoms with van der Waals surface area (Å²) in [6.45, 7) is 2.64. The van der Waals surface area contributed by atoms with Gasteiger partial charge < -0.3 is 10.6 Å². The van der Waals surface area contributed by atoms with Crippen LogP contribution in [0.4, 0.5) is 24.7 Å². The molecule has 0 saturated carbocycles. The number of hydrogen-bond donors (Lipinski definition) is 2. The summed E-state index contributed by atoms with van der Waals surface area (Å²) >= 11 is 0. The highest BCUT2D eigenvalue weighted by molar-refractivity contribution is 5.92. The van der Waals surface area contributed by atoms with Crippen LogP contribution in [0.2, 0.25) is 0 Å². The summed E-state index contributed by atoms with van der Waals surface area (Å²) in [6, 6.07) is 4.76. The molecular formula is C17H19F3N4O. The van der Waals surface area contributed by atoms with E-state index in [0.29, 0.717) is 6.54 Å². The number of alkyl halides is 3. The molecular weight excluding hydrogens is 333 g/mol. The number of rotatable bonds is 7. The molecule has 0 saturated heterocycles. The summed E-state index contributed by atoms with van der Waals surface area (Å²) in [4.78, 5) is 19.9. The molecule has 0 radical (unpaired) electrons. The number of benzene rings is 1. The van der Waals surface area contributed by atoms with Gasteiger partial charge in [-0.3, -0.25) is 4.79 Å². The number of aromatic nitrogens is 2. The number of anilines is 2. The summed E-state index contributed by atoms with van der Waals surface area (Å²) in [5.74, 6) is -0.0731. The first kappa shape index (κ1) is 18.7. The van der Waals surface area contributed by atoms with E-state index < -0.39 is 11.7 Å². The van der Waals surface area contributed by atoms with Crippen molar-refractivity contribution in [3.63, 3.8) is 0 Å². The third-order valence-electron chi connectivity index (χ3n) is 3.41. The van der Waals surface area contributed by atoms with Crippen LogP contribution in [0, 0.1) is 0 Å². The highest BCUT2D eigenvalue weighted by Crippen LogP contribution is 2.31. The molecule has 2 rings (SSSR count). The lowest BCUT2D eigenvalue weighted by Gasteiger charge is -2.10.